The van der Waals surface area contributed by atoms with E-state index >= 15 is 0 Å². The molecule has 2 heterocycles. The second-order valence-electron chi connectivity index (χ2n) is 5.86. The number of para-hydroxylation sites is 2. The lowest BCUT2D eigenvalue weighted by Crippen LogP contribution is -2.25. The molecule has 4 aromatic rings. The molecule has 25 heavy (non-hydrogen) atoms. The van der Waals surface area contributed by atoms with Crippen LogP contribution in [0.5, 0.6) is 5.75 Å². The summed E-state index contributed by atoms with van der Waals surface area (Å²) in [6, 6.07) is 15.4. The van der Waals surface area contributed by atoms with Crippen LogP contribution in [0.1, 0.15) is 16.3 Å². The molecule has 0 saturated carbocycles. The first kappa shape index (κ1) is 15.3. The van der Waals surface area contributed by atoms with Gasteiger partial charge in [0, 0.05) is 12.4 Å². The van der Waals surface area contributed by atoms with Gasteiger partial charge in [-0.05, 0) is 30.3 Å². The molecule has 0 aliphatic rings. The van der Waals surface area contributed by atoms with E-state index in [0.717, 1.165) is 33.5 Å². The number of benzene rings is 2. The molecule has 2 aromatic carbocycles. The van der Waals surface area contributed by atoms with Gasteiger partial charge >= 0.3 is 0 Å². The van der Waals surface area contributed by atoms with Crippen LogP contribution < -0.4 is 10.1 Å². The van der Waals surface area contributed by atoms with Crippen LogP contribution in [0.15, 0.2) is 48.5 Å². The zero-order chi connectivity index (χ0) is 17.4. The van der Waals surface area contributed by atoms with Gasteiger partial charge < -0.3 is 19.6 Å². The van der Waals surface area contributed by atoms with Crippen molar-refractivity contribution in [1.82, 2.24) is 19.9 Å². The zero-order valence-electron chi connectivity index (χ0n) is 14.0. The van der Waals surface area contributed by atoms with E-state index in [1.54, 1.807) is 7.11 Å². The topological polar surface area (TPSA) is 71.9 Å². The van der Waals surface area contributed by atoms with Crippen molar-refractivity contribution in [1.29, 1.82) is 0 Å². The van der Waals surface area contributed by atoms with Gasteiger partial charge in [0.15, 0.2) is 0 Å². The van der Waals surface area contributed by atoms with E-state index in [9.17, 15) is 4.79 Å². The maximum absolute atomic E-state index is 12.6. The average molecular weight is 334 g/mol. The first-order chi connectivity index (χ1) is 12.2. The number of imidazole rings is 1. The average Bonchev–Trinajstić information content (AvgIpc) is 3.20. The van der Waals surface area contributed by atoms with Crippen LogP contribution in [-0.2, 0) is 13.6 Å². The van der Waals surface area contributed by atoms with Crippen molar-refractivity contribution in [3.63, 3.8) is 0 Å². The number of nitrogens with zero attached hydrogens (tertiary/aromatic N) is 2. The Morgan fingerprint density at radius 2 is 2.08 bits per heavy atom. The van der Waals surface area contributed by atoms with Crippen LogP contribution in [0, 0.1) is 0 Å². The van der Waals surface area contributed by atoms with E-state index in [-0.39, 0.29) is 5.91 Å². The van der Waals surface area contributed by atoms with E-state index in [1.807, 2.05) is 60.1 Å². The van der Waals surface area contributed by atoms with Crippen LogP contribution in [0.3, 0.4) is 0 Å². The monoisotopic (exact) mass is 334 g/mol. The van der Waals surface area contributed by atoms with Crippen LogP contribution in [0.2, 0.25) is 0 Å². The van der Waals surface area contributed by atoms with Crippen molar-refractivity contribution in [2.75, 3.05) is 7.11 Å². The van der Waals surface area contributed by atoms with E-state index in [0.29, 0.717) is 12.2 Å². The number of hydrogen-bond donors (Lipinski definition) is 2. The number of nitrogens with one attached hydrogen (secondary N) is 2. The molecule has 0 atom stereocenters. The molecule has 2 aromatic heterocycles. The van der Waals surface area contributed by atoms with Crippen molar-refractivity contribution in [3.8, 4) is 5.75 Å². The number of carbonyl (C=O) groups excluding carboxylic acids is 1. The van der Waals surface area contributed by atoms with Gasteiger partial charge in [-0.15, -0.1) is 0 Å². The highest BCUT2D eigenvalue weighted by Crippen LogP contribution is 2.28. The Bertz CT molecular complexity index is 1040. The SMILES string of the molecule is COc1cccc2c1cc(C(=O)NCc1nc3ccccc3[nH]1)n2C. The summed E-state index contributed by atoms with van der Waals surface area (Å²) >= 11 is 0. The summed E-state index contributed by atoms with van der Waals surface area (Å²) in [5, 5.41) is 3.84. The number of methoxy groups -OCH3 is 1. The number of aromatic amines is 1. The van der Waals surface area contributed by atoms with Gasteiger partial charge in [-0.25, -0.2) is 4.98 Å². The molecular weight excluding hydrogens is 316 g/mol. The van der Waals surface area contributed by atoms with Crippen LogP contribution in [0.4, 0.5) is 0 Å². The Hall–Kier alpha value is -3.28. The largest absolute Gasteiger partial charge is 0.496 e. The summed E-state index contributed by atoms with van der Waals surface area (Å²) in [6.07, 6.45) is 0. The molecule has 0 radical (unpaired) electrons. The molecule has 0 aliphatic carbocycles. The fourth-order valence-electron chi connectivity index (χ4n) is 3.07. The molecule has 4 rings (SSSR count). The predicted octanol–water partition coefficient (Wildman–Crippen LogP) is 2.99. The highest BCUT2D eigenvalue weighted by atomic mass is 16.5. The lowest BCUT2D eigenvalue weighted by molar-refractivity contribution is 0.0942. The van der Waals surface area contributed by atoms with Crippen molar-refractivity contribution in [3.05, 3.63) is 60.0 Å². The molecule has 0 bridgehead atoms. The number of aromatic nitrogens is 3. The zero-order valence-corrected chi connectivity index (χ0v) is 14.0. The Morgan fingerprint density at radius 1 is 1.24 bits per heavy atom. The number of hydrogen-bond acceptors (Lipinski definition) is 3. The minimum absolute atomic E-state index is 0.152. The number of carbonyl (C=O) groups is 1. The molecule has 0 unspecified atom stereocenters. The third kappa shape index (κ3) is 2.61. The normalized spacial score (nSPS) is 11.1. The number of aryl methyl sites for hydroxylation is 1. The number of ether oxygens (including phenoxy) is 1. The van der Waals surface area contributed by atoms with Gasteiger partial charge in [-0.3, -0.25) is 4.79 Å². The fourth-order valence-corrected chi connectivity index (χ4v) is 3.07. The summed E-state index contributed by atoms with van der Waals surface area (Å²) < 4.78 is 7.25. The minimum atomic E-state index is -0.152. The third-order valence-corrected chi connectivity index (χ3v) is 4.35. The summed E-state index contributed by atoms with van der Waals surface area (Å²) in [5.74, 6) is 1.33. The van der Waals surface area contributed by atoms with Gasteiger partial charge in [-0.1, -0.05) is 18.2 Å². The minimum Gasteiger partial charge on any atom is -0.496 e. The molecular formula is C19H18N4O2. The number of amides is 1. The first-order valence-corrected chi connectivity index (χ1v) is 8.01. The predicted molar refractivity (Wildman–Crippen MR) is 96.7 cm³/mol. The molecule has 6 heteroatoms. The summed E-state index contributed by atoms with van der Waals surface area (Å²) in [6.45, 7) is 0.339. The molecule has 1 amide bonds. The van der Waals surface area contributed by atoms with Gasteiger partial charge in [0.05, 0.1) is 30.2 Å². The second-order valence-corrected chi connectivity index (χ2v) is 5.86. The van der Waals surface area contributed by atoms with Crippen LogP contribution in [-0.4, -0.2) is 27.6 Å². The Morgan fingerprint density at radius 3 is 2.88 bits per heavy atom. The highest BCUT2D eigenvalue weighted by Gasteiger charge is 2.15. The van der Waals surface area contributed by atoms with Gasteiger partial charge in [0.25, 0.3) is 5.91 Å². The fraction of sp³-hybridized carbons (Fsp3) is 0.158. The third-order valence-electron chi connectivity index (χ3n) is 4.35. The first-order valence-electron chi connectivity index (χ1n) is 8.01. The maximum atomic E-state index is 12.6. The van der Waals surface area contributed by atoms with Crippen molar-refractivity contribution in [2.45, 2.75) is 6.54 Å². The number of fused-ring (bicyclic) bond motifs is 2. The number of H-pyrrole nitrogens is 1. The quantitative estimate of drug-likeness (QED) is 0.603. The molecule has 0 saturated heterocycles. The van der Waals surface area contributed by atoms with Crippen LogP contribution in [0.25, 0.3) is 21.9 Å². The lowest BCUT2D eigenvalue weighted by Gasteiger charge is -2.05. The van der Waals surface area contributed by atoms with Gasteiger partial charge in [-0.2, -0.15) is 0 Å². The van der Waals surface area contributed by atoms with E-state index < -0.39 is 0 Å². The summed E-state index contributed by atoms with van der Waals surface area (Å²) in [5.41, 5.74) is 3.38. The molecule has 2 N–H and O–H groups in total. The van der Waals surface area contributed by atoms with E-state index in [2.05, 4.69) is 15.3 Å². The molecule has 0 spiro atoms. The summed E-state index contributed by atoms with van der Waals surface area (Å²) in [4.78, 5) is 20.3. The van der Waals surface area contributed by atoms with Crippen LogP contribution >= 0.6 is 0 Å². The van der Waals surface area contributed by atoms with E-state index in [4.69, 9.17) is 4.74 Å². The Labute approximate surface area is 144 Å². The highest BCUT2D eigenvalue weighted by molar-refractivity contribution is 6.00. The van der Waals surface area contributed by atoms with Crippen molar-refractivity contribution < 1.29 is 9.53 Å². The molecule has 126 valence electrons. The van der Waals surface area contributed by atoms with E-state index in [1.165, 1.54) is 0 Å². The van der Waals surface area contributed by atoms with Crippen molar-refractivity contribution in [2.24, 2.45) is 7.05 Å². The van der Waals surface area contributed by atoms with Gasteiger partial charge in [0.1, 0.15) is 17.3 Å². The molecule has 6 nitrogen and oxygen atoms in total. The summed E-state index contributed by atoms with van der Waals surface area (Å²) in [7, 11) is 3.50. The Balaban J connectivity index is 1.58. The smallest absolute Gasteiger partial charge is 0.268 e. The molecule has 0 aliphatic heterocycles. The van der Waals surface area contributed by atoms with Gasteiger partial charge in [0.2, 0.25) is 0 Å². The number of rotatable bonds is 4. The lowest BCUT2D eigenvalue weighted by atomic mass is 10.2. The maximum Gasteiger partial charge on any atom is 0.268 e. The van der Waals surface area contributed by atoms with Crippen molar-refractivity contribution >= 4 is 27.8 Å². The molecule has 0 fully saturated rings. The Kier molecular flexibility index (Phi) is 3.65. The standard InChI is InChI=1S/C19H18N4O2/c1-23-15-8-5-9-17(25-2)12(15)10-16(23)19(24)20-11-18-21-13-6-3-4-7-14(13)22-18/h3-10H,11H2,1-2H3,(H,20,24)(H,21,22). The second kappa shape index (κ2) is 5.98.